The number of nitro groups is 1. The van der Waals surface area contributed by atoms with E-state index in [9.17, 15) is 19.7 Å². The molecule has 3 rings (SSSR count). The molecule has 1 N–H and O–H groups in total. The molecule has 0 radical (unpaired) electrons. The van der Waals surface area contributed by atoms with E-state index in [1.807, 2.05) is 0 Å². The average molecular weight is 399 g/mol. The van der Waals surface area contributed by atoms with E-state index in [2.05, 4.69) is 5.32 Å². The first kappa shape index (κ1) is 20.0. The van der Waals surface area contributed by atoms with Crippen molar-refractivity contribution >= 4 is 29.1 Å². The predicted octanol–water partition coefficient (Wildman–Crippen LogP) is 2.98. The van der Waals surface area contributed by atoms with Gasteiger partial charge in [0.15, 0.2) is 5.78 Å². The lowest BCUT2D eigenvalue weighted by Gasteiger charge is -2.21. The van der Waals surface area contributed by atoms with Gasteiger partial charge in [-0.25, -0.2) is 0 Å². The van der Waals surface area contributed by atoms with E-state index < -0.39 is 10.7 Å². The third-order valence-corrected chi connectivity index (χ3v) is 5.45. The summed E-state index contributed by atoms with van der Waals surface area (Å²) in [7, 11) is 0. The van der Waals surface area contributed by atoms with Gasteiger partial charge in [-0.05, 0) is 37.4 Å². The molecule has 1 aliphatic heterocycles. The van der Waals surface area contributed by atoms with E-state index >= 15 is 0 Å². The standard InChI is InChI=1S/C20H21N3O4S/c1-28-18-8-7-14(13-17(18)23(26)27)19(24)15-5-2-3-6-16(15)20(25)22-11-4-9-21-10-12-22/h2-3,5-8,13,21H,4,9-12H2,1H3. The van der Waals surface area contributed by atoms with Crippen molar-refractivity contribution in [1.82, 2.24) is 10.2 Å². The monoisotopic (exact) mass is 399 g/mol. The Bertz CT molecular complexity index is 908. The smallest absolute Gasteiger partial charge is 0.283 e. The lowest BCUT2D eigenvalue weighted by Crippen LogP contribution is -2.35. The summed E-state index contributed by atoms with van der Waals surface area (Å²) in [6, 6.07) is 11.1. The summed E-state index contributed by atoms with van der Waals surface area (Å²) >= 11 is 1.25. The molecule has 1 fully saturated rings. The Kier molecular flexibility index (Phi) is 6.43. The van der Waals surface area contributed by atoms with Crippen LogP contribution in [0.3, 0.4) is 0 Å². The van der Waals surface area contributed by atoms with Gasteiger partial charge in [-0.3, -0.25) is 19.7 Å². The van der Waals surface area contributed by atoms with Gasteiger partial charge in [0.1, 0.15) is 0 Å². The van der Waals surface area contributed by atoms with Gasteiger partial charge in [-0.2, -0.15) is 0 Å². The third-order valence-electron chi connectivity index (χ3n) is 4.67. The lowest BCUT2D eigenvalue weighted by atomic mass is 9.97. The molecule has 0 spiro atoms. The van der Waals surface area contributed by atoms with Crippen molar-refractivity contribution in [2.45, 2.75) is 11.3 Å². The maximum atomic E-state index is 13.1. The number of amides is 1. The Morgan fingerprint density at radius 3 is 2.57 bits per heavy atom. The number of hydrogen-bond donors (Lipinski definition) is 1. The zero-order chi connectivity index (χ0) is 20.1. The molecule has 2 aromatic carbocycles. The molecule has 0 unspecified atom stereocenters. The van der Waals surface area contributed by atoms with Gasteiger partial charge in [0.25, 0.3) is 11.6 Å². The molecule has 1 aliphatic rings. The van der Waals surface area contributed by atoms with Crippen LogP contribution in [0.4, 0.5) is 5.69 Å². The Morgan fingerprint density at radius 2 is 1.86 bits per heavy atom. The molecule has 0 bridgehead atoms. The first-order chi connectivity index (χ1) is 13.5. The fourth-order valence-corrected chi connectivity index (χ4v) is 3.76. The zero-order valence-electron chi connectivity index (χ0n) is 15.5. The van der Waals surface area contributed by atoms with Gasteiger partial charge in [0.05, 0.1) is 15.4 Å². The van der Waals surface area contributed by atoms with Gasteiger partial charge in [0.2, 0.25) is 0 Å². The number of thioether (sulfide) groups is 1. The summed E-state index contributed by atoms with van der Waals surface area (Å²) < 4.78 is 0. The maximum Gasteiger partial charge on any atom is 0.283 e. The fourth-order valence-electron chi connectivity index (χ4n) is 3.22. The van der Waals surface area contributed by atoms with Crippen LogP contribution in [0.15, 0.2) is 47.4 Å². The number of hydrogen-bond acceptors (Lipinski definition) is 6. The van der Waals surface area contributed by atoms with Gasteiger partial charge in [-0.1, -0.05) is 18.2 Å². The number of ketones is 1. The van der Waals surface area contributed by atoms with Crippen molar-refractivity contribution in [2.75, 3.05) is 32.4 Å². The fraction of sp³-hybridized carbons (Fsp3) is 0.300. The number of carbonyl (C=O) groups is 2. The van der Waals surface area contributed by atoms with Crippen LogP contribution in [-0.2, 0) is 0 Å². The summed E-state index contributed by atoms with van der Waals surface area (Å²) in [5.41, 5.74) is 0.671. The number of nitrogens with zero attached hydrogens (tertiary/aromatic N) is 2. The summed E-state index contributed by atoms with van der Waals surface area (Å²) in [5.74, 6) is -0.587. The number of benzene rings is 2. The predicted molar refractivity (Wildman–Crippen MR) is 108 cm³/mol. The second kappa shape index (κ2) is 8.99. The van der Waals surface area contributed by atoms with E-state index in [0.29, 0.717) is 30.1 Å². The van der Waals surface area contributed by atoms with Crippen LogP contribution in [0.5, 0.6) is 0 Å². The van der Waals surface area contributed by atoms with Crippen LogP contribution >= 0.6 is 11.8 Å². The highest BCUT2D eigenvalue weighted by molar-refractivity contribution is 7.98. The molecule has 7 nitrogen and oxygen atoms in total. The van der Waals surface area contributed by atoms with Crippen LogP contribution < -0.4 is 5.32 Å². The third kappa shape index (κ3) is 4.23. The first-order valence-electron chi connectivity index (χ1n) is 8.99. The minimum Gasteiger partial charge on any atom is -0.337 e. The minimum atomic E-state index is -0.496. The molecule has 1 saturated heterocycles. The quantitative estimate of drug-likeness (QED) is 0.360. The Morgan fingerprint density at radius 1 is 1.11 bits per heavy atom. The molecule has 1 amide bonds. The van der Waals surface area contributed by atoms with Crippen molar-refractivity contribution in [2.24, 2.45) is 0 Å². The number of carbonyl (C=O) groups excluding carboxylic acids is 2. The SMILES string of the molecule is CSc1ccc(C(=O)c2ccccc2C(=O)N2CCCNCC2)cc1[N+](=O)[O-]. The highest BCUT2D eigenvalue weighted by Crippen LogP contribution is 2.29. The second-order valence-electron chi connectivity index (χ2n) is 6.41. The van der Waals surface area contributed by atoms with Gasteiger partial charge in [-0.15, -0.1) is 11.8 Å². The summed E-state index contributed by atoms with van der Waals surface area (Å²) in [6.45, 7) is 2.78. The van der Waals surface area contributed by atoms with Crippen LogP contribution in [0.2, 0.25) is 0 Å². The molecule has 2 aromatic rings. The van der Waals surface area contributed by atoms with Crippen molar-refractivity contribution in [3.63, 3.8) is 0 Å². The summed E-state index contributed by atoms with van der Waals surface area (Å²) in [4.78, 5) is 39.2. The molecule has 0 saturated carbocycles. The minimum absolute atomic E-state index is 0.110. The highest BCUT2D eigenvalue weighted by Gasteiger charge is 2.24. The van der Waals surface area contributed by atoms with Crippen LogP contribution in [0.25, 0.3) is 0 Å². The van der Waals surface area contributed by atoms with Crippen LogP contribution in [0.1, 0.15) is 32.7 Å². The van der Waals surface area contributed by atoms with E-state index in [1.165, 1.54) is 17.8 Å². The normalized spacial score (nSPS) is 14.4. The van der Waals surface area contributed by atoms with E-state index in [4.69, 9.17) is 0 Å². The number of rotatable bonds is 5. The molecule has 146 valence electrons. The summed E-state index contributed by atoms with van der Waals surface area (Å²) in [6.07, 6.45) is 2.60. The second-order valence-corrected chi connectivity index (χ2v) is 7.26. The topological polar surface area (TPSA) is 92.6 Å². The molecular weight excluding hydrogens is 378 g/mol. The number of nitrogens with one attached hydrogen (secondary N) is 1. The largest absolute Gasteiger partial charge is 0.337 e. The van der Waals surface area contributed by atoms with Crippen molar-refractivity contribution in [3.05, 3.63) is 69.3 Å². The maximum absolute atomic E-state index is 13.1. The molecule has 28 heavy (non-hydrogen) atoms. The van der Waals surface area contributed by atoms with Gasteiger partial charge in [0, 0.05) is 36.8 Å². The lowest BCUT2D eigenvalue weighted by molar-refractivity contribution is -0.387. The van der Waals surface area contributed by atoms with E-state index in [1.54, 1.807) is 47.6 Å². The molecule has 0 aromatic heterocycles. The van der Waals surface area contributed by atoms with Gasteiger partial charge < -0.3 is 10.2 Å². The van der Waals surface area contributed by atoms with Crippen molar-refractivity contribution < 1.29 is 14.5 Å². The van der Waals surface area contributed by atoms with E-state index in [0.717, 1.165) is 13.0 Å². The van der Waals surface area contributed by atoms with Gasteiger partial charge >= 0.3 is 0 Å². The molecule has 0 atom stereocenters. The Balaban J connectivity index is 1.96. The van der Waals surface area contributed by atoms with Crippen molar-refractivity contribution in [1.29, 1.82) is 0 Å². The van der Waals surface area contributed by atoms with Crippen molar-refractivity contribution in [3.8, 4) is 0 Å². The Hall–Kier alpha value is -2.71. The molecule has 8 heteroatoms. The Labute approximate surface area is 167 Å². The molecular formula is C20H21N3O4S. The summed E-state index contributed by atoms with van der Waals surface area (Å²) in [5, 5.41) is 14.6. The first-order valence-corrected chi connectivity index (χ1v) is 10.2. The zero-order valence-corrected chi connectivity index (χ0v) is 16.3. The molecule has 0 aliphatic carbocycles. The number of nitro benzene ring substituents is 1. The van der Waals surface area contributed by atoms with Crippen LogP contribution in [0, 0.1) is 10.1 Å². The van der Waals surface area contributed by atoms with E-state index in [-0.39, 0.29) is 22.7 Å². The average Bonchev–Trinajstić information content (AvgIpc) is 3.01. The highest BCUT2D eigenvalue weighted by atomic mass is 32.2. The molecule has 1 heterocycles. The van der Waals surface area contributed by atoms with Crippen LogP contribution in [-0.4, -0.2) is 53.9 Å².